The smallest absolute Gasteiger partial charge is 0.231 e. The van der Waals surface area contributed by atoms with Gasteiger partial charge in [-0.05, 0) is 35.9 Å². The first kappa shape index (κ1) is 15.7. The summed E-state index contributed by atoms with van der Waals surface area (Å²) in [6.07, 6.45) is 7.14. The SMILES string of the molecule is N=C(/C=C\CC(=O)c1ccc2c(c1)OCO2)/C=C/c1ccccc1. The zero-order chi connectivity index (χ0) is 16.8. The summed E-state index contributed by atoms with van der Waals surface area (Å²) in [5, 5.41) is 7.87. The molecule has 0 radical (unpaired) electrons. The molecule has 0 fully saturated rings. The summed E-state index contributed by atoms with van der Waals surface area (Å²) in [5.74, 6) is 1.24. The van der Waals surface area contributed by atoms with Crippen molar-refractivity contribution in [3.8, 4) is 11.5 Å². The molecule has 0 unspecified atom stereocenters. The van der Waals surface area contributed by atoms with E-state index in [0.717, 1.165) is 5.56 Å². The van der Waals surface area contributed by atoms with Crippen LogP contribution < -0.4 is 9.47 Å². The van der Waals surface area contributed by atoms with E-state index in [2.05, 4.69) is 0 Å². The number of nitrogens with one attached hydrogen (secondary N) is 1. The maximum atomic E-state index is 12.2. The van der Waals surface area contributed by atoms with Crippen LogP contribution >= 0.6 is 0 Å². The average molecular weight is 319 g/mol. The van der Waals surface area contributed by atoms with Crippen LogP contribution in [0.5, 0.6) is 11.5 Å². The number of Topliss-reactive ketones (excluding diaryl/α,β-unsaturated/α-hetero) is 1. The van der Waals surface area contributed by atoms with Crippen molar-refractivity contribution < 1.29 is 14.3 Å². The van der Waals surface area contributed by atoms with Gasteiger partial charge in [0.2, 0.25) is 6.79 Å². The fourth-order valence-corrected chi connectivity index (χ4v) is 2.29. The minimum atomic E-state index is -0.0237. The van der Waals surface area contributed by atoms with Crippen molar-refractivity contribution >= 4 is 17.6 Å². The molecule has 0 spiro atoms. The molecular formula is C20H17NO3. The van der Waals surface area contributed by atoms with Gasteiger partial charge in [-0.2, -0.15) is 0 Å². The first-order valence-electron chi connectivity index (χ1n) is 7.63. The van der Waals surface area contributed by atoms with Crippen molar-refractivity contribution in [1.29, 1.82) is 5.41 Å². The van der Waals surface area contributed by atoms with Gasteiger partial charge in [0.05, 0.1) is 5.71 Å². The maximum Gasteiger partial charge on any atom is 0.231 e. The Kier molecular flexibility index (Phi) is 4.87. The van der Waals surface area contributed by atoms with E-state index in [-0.39, 0.29) is 19.0 Å². The Hall–Kier alpha value is -3.14. The molecule has 2 aromatic rings. The summed E-state index contributed by atoms with van der Waals surface area (Å²) in [4.78, 5) is 12.2. The largest absolute Gasteiger partial charge is 0.454 e. The monoisotopic (exact) mass is 319 g/mol. The number of benzene rings is 2. The lowest BCUT2D eigenvalue weighted by Gasteiger charge is -2.00. The number of fused-ring (bicyclic) bond motifs is 1. The average Bonchev–Trinajstić information content (AvgIpc) is 3.08. The molecule has 0 aromatic heterocycles. The van der Waals surface area contributed by atoms with Crippen molar-refractivity contribution in [3.05, 3.63) is 77.9 Å². The van der Waals surface area contributed by atoms with E-state index in [9.17, 15) is 4.79 Å². The van der Waals surface area contributed by atoms with Crippen molar-refractivity contribution in [1.82, 2.24) is 0 Å². The highest BCUT2D eigenvalue weighted by molar-refractivity contribution is 6.05. The number of carbonyl (C=O) groups is 1. The minimum absolute atomic E-state index is 0.0237. The molecule has 4 nitrogen and oxygen atoms in total. The number of hydrogen-bond acceptors (Lipinski definition) is 4. The highest BCUT2D eigenvalue weighted by Crippen LogP contribution is 2.32. The topological polar surface area (TPSA) is 59.4 Å². The summed E-state index contributed by atoms with van der Waals surface area (Å²) >= 11 is 0. The molecule has 1 aliphatic rings. The van der Waals surface area contributed by atoms with Crippen molar-refractivity contribution in [2.45, 2.75) is 6.42 Å². The summed E-state index contributed by atoms with van der Waals surface area (Å²) in [7, 11) is 0. The molecule has 4 heteroatoms. The number of rotatable bonds is 6. The second-order valence-electron chi connectivity index (χ2n) is 5.30. The number of ketones is 1. The molecule has 0 saturated heterocycles. The molecule has 0 atom stereocenters. The molecule has 0 bridgehead atoms. The minimum Gasteiger partial charge on any atom is -0.454 e. The van der Waals surface area contributed by atoms with E-state index in [4.69, 9.17) is 14.9 Å². The van der Waals surface area contributed by atoms with Gasteiger partial charge in [0.1, 0.15) is 0 Å². The van der Waals surface area contributed by atoms with Crippen LogP contribution in [0.1, 0.15) is 22.3 Å². The second kappa shape index (κ2) is 7.42. The third kappa shape index (κ3) is 3.98. The molecule has 3 rings (SSSR count). The summed E-state index contributed by atoms with van der Waals surface area (Å²) in [6, 6.07) is 14.9. The van der Waals surface area contributed by atoms with Crippen LogP contribution in [0.4, 0.5) is 0 Å². The fraction of sp³-hybridized carbons (Fsp3) is 0.100. The van der Waals surface area contributed by atoms with Crippen LogP contribution in [-0.4, -0.2) is 18.3 Å². The Morgan fingerprint density at radius 1 is 1.04 bits per heavy atom. The van der Waals surface area contributed by atoms with Crippen LogP contribution in [0.2, 0.25) is 0 Å². The Bertz CT molecular complexity index is 807. The highest BCUT2D eigenvalue weighted by Gasteiger charge is 2.15. The van der Waals surface area contributed by atoms with Gasteiger partial charge in [-0.3, -0.25) is 4.79 Å². The van der Waals surface area contributed by atoms with Crippen LogP contribution in [0.25, 0.3) is 6.08 Å². The van der Waals surface area contributed by atoms with Gasteiger partial charge >= 0.3 is 0 Å². The maximum absolute atomic E-state index is 12.2. The summed E-state index contributed by atoms with van der Waals surface area (Å²) in [6.45, 7) is 0.192. The lowest BCUT2D eigenvalue weighted by Crippen LogP contribution is -1.97. The van der Waals surface area contributed by atoms with Gasteiger partial charge in [-0.1, -0.05) is 42.5 Å². The Labute approximate surface area is 140 Å². The van der Waals surface area contributed by atoms with Crippen molar-refractivity contribution in [2.75, 3.05) is 6.79 Å². The second-order valence-corrected chi connectivity index (χ2v) is 5.30. The zero-order valence-corrected chi connectivity index (χ0v) is 13.1. The predicted molar refractivity (Wildman–Crippen MR) is 93.9 cm³/mol. The quantitative estimate of drug-likeness (QED) is 0.638. The fourth-order valence-electron chi connectivity index (χ4n) is 2.29. The molecule has 0 aliphatic carbocycles. The van der Waals surface area contributed by atoms with Crippen LogP contribution in [0.3, 0.4) is 0 Å². The molecule has 1 heterocycles. The molecule has 0 saturated carbocycles. The van der Waals surface area contributed by atoms with E-state index >= 15 is 0 Å². The Balaban J connectivity index is 1.55. The number of allylic oxidation sites excluding steroid dienone is 3. The molecule has 2 aromatic carbocycles. The zero-order valence-electron chi connectivity index (χ0n) is 13.1. The third-order valence-corrected chi connectivity index (χ3v) is 3.55. The molecule has 0 amide bonds. The van der Waals surface area contributed by atoms with Crippen LogP contribution in [-0.2, 0) is 0 Å². The van der Waals surface area contributed by atoms with Crippen molar-refractivity contribution in [2.24, 2.45) is 0 Å². The van der Waals surface area contributed by atoms with E-state index < -0.39 is 0 Å². The molecule has 1 N–H and O–H groups in total. The van der Waals surface area contributed by atoms with Crippen molar-refractivity contribution in [3.63, 3.8) is 0 Å². The molecule has 120 valence electrons. The van der Waals surface area contributed by atoms with Gasteiger partial charge in [0.15, 0.2) is 17.3 Å². The Morgan fingerprint density at radius 2 is 1.83 bits per heavy atom. The molecular weight excluding hydrogens is 302 g/mol. The normalized spacial score (nSPS) is 12.8. The summed E-state index contributed by atoms with van der Waals surface area (Å²) < 4.78 is 10.5. The standard InChI is InChI=1S/C20H17NO3/c21-17(11-9-15-5-2-1-3-6-15)7-4-8-18(22)16-10-12-19-20(13-16)24-14-23-19/h1-7,9-13,21H,8,14H2/b7-4-,11-9+,21-17?. The van der Waals surface area contributed by atoms with E-state index in [1.807, 2.05) is 36.4 Å². The molecule has 1 aliphatic heterocycles. The Morgan fingerprint density at radius 3 is 2.67 bits per heavy atom. The van der Waals surface area contributed by atoms with Gasteiger partial charge in [0, 0.05) is 12.0 Å². The number of carbonyl (C=O) groups excluding carboxylic acids is 1. The highest BCUT2D eigenvalue weighted by atomic mass is 16.7. The third-order valence-electron chi connectivity index (χ3n) is 3.55. The number of hydrogen-bond donors (Lipinski definition) is 1. The van der Waals surface area contributed by atoms with Gasteiger partial charge < -0.3 is 14.9 Å². The lowest BCUT2D eigenvalue weighted by atomic mass is 10.1. The summed E-state index contributed by atoms with van der Waals surface area (Å²) in [5.41, 5.74) is 1.96. The van der Waals surface area contributed by atoms with E-state index in [1.165, 1.54) is 0 Å². The first-order chi connectivity index (χ1) is 11.7. The van der Waals surface area contributed by atoms with Crippen LogP contribution in [0.15, 0.2) is 66.8 Å². The van der Waals surface area contributed by atoms with Gasteiger partial charge in [-0.25, -0.2) is 0 Å². The van der Waals surface area contributed by atoms with E-state index in [1.54, 1.807) is 36.4 Å². The predicted octanol–water partition coefficient (Wildman–Crippen LogP) is 4.28. The van der Waals surface area contributed by atoms with Gasteiger partial charge in [-0.15, -0.1) is 0 Å². The van der Waals surface area contributed by atoms with E-state index in [0.29, 0.717) is 22.8 Å². The number of ether oxygens (including phenoxy) is 2. The van der Waals surface area contributed by atoms with Crippen LogP contribution in [0, 0.1) is 5.41 Å². The lowest BCUT2D eigenvalue weighted by molar-refractivity contribution is 0.0995. The first-order valence-corrected chi connectivity index (χ1v) is 7.63. The molecule has 24 heavy (non-hydrogen) atoms. The van der Waals surface area contributed by atoms with Gasteiger partial charge in [0.25, 0.3) is 0 Å².